The Morgan fingerprint density at radius 3 is 2.77 bits per heavy atom. The molecule has 0 aliphatic carbocycles. The largest absolute Gasteiger partial charge is 0.477 e. The molecule has 13 heavy (non-hydrogen) atoms. The average molecular weight is 233 g/mol. The number of carboxylic acid groups (broad SMARTS) is 1. The number of aryl methyl sites for hydroxylation is 1. The zero-order valence-corrected chi connectivity index (χ0v) is 9.02. The summed E-state index contributed by atoms with van der Waals surface area (Å²) in [5.41, 5.74) is 0.824. The monoisotopic (exact) mass is 232 g/mol. The molecule has 0 aliphatic heterocycles. The second kappa shape index (κ2) is 2.97. The van der Waals surface area contributed by atoms with E-state index in [2.05, 4.69) is 0 Å². The van der Waals surface area contributed by atoms with Gasteiger partial charge in [0.15, 0.2) is 0 Å². The van der Waals surface area contributed by atoms with Crippen LogP contribution < -0.4 is 0 Å². The Bertz CT molecular complexity index is 484. The third-order valence-electron chi connectivity index (χ3n) is 1.76. The van der Waals surface area contributed by atoms with Crippen molar-refractivity contribution in [1.82, 2.24) is 0 Å². The Balaban J connectivity index is 2.76. The van der Waals surface area contributed by atoms with Crippen molar-refractivity contribution < 1.29 is 9.90 Å². The summed E-state index contributed by atoms with van der Waals surface area (Å²) in [4.78, 5) is 11.2. The molecule has 0 aliphatic rings. The van der Waals surface area contributed by atoms with Crippen LogP contribution in [0.15, 0.2) is 6.07 Å². The zero-order valence-electron chi connectivity index (χ0n) is 6.63. The maximum Gasteiger partial charge on any atom is 0.346 e. The molecule has 0 radical (unpaired) electrons. The summed E-state index contributed by atoms with van der Waals surface area (Å²) < 4.78 is 2.67. The Labute approximate surface area is 87.4 Å². The molecule has 0 fully saturated rings. The molecule has 5 heteroatoms. The van der Waals surface area contributed by atoms with Gasteiger partial charge in [0.05, 0.1) is 9.04 Å². The third kappa shape index (κ3) is 1.35. The molecule has 0 saturated carbocycles. The van der Waals surface area contributed by atoms with Crippen LogP contribution >= 0.6 is 34.3 Å². The number of hydrogen-bond donors (Lipinski definition) is 1. The van der Waals surface area contributed by atoms with Crippen molar-refractivity contribution in [2.75, 3.05) is 0 Å². The fraction of sp³-hybridized carbons (Fsp3) is 0.125. The van der Waals surface area contributed by atoms with Gasteiger partial charge in [0.25, 0.3) is 0 Å². The van der Waals surface area contributed by atoms with Crippen molar-refractivity contribution in [1.29, 1.82) is 0 Å². The molecule has 0 amide bonds. The fourth-order valence-electron chi connectivity index (χ4n) is 1.18. The Kier molecular flexibility index (Phi) is 2.06. The van der Waals surface area contributed by atoms with Crippen LogP contribution in [0.3, 0.4) is 0 Å². The minimum Gasteiger partial charge on any atom is -0.477 e. The summed E-state index contributed by atoms with van der Waals surface area (Å²) in [5, 5.41) is 8.84. The fourth-order valence-corrected chi connectivity index (χ4v) is 3.74. The lowest BCUT2D eigenvalue weighted by Crippen LogP contribution is -1.93. The van der Waals surface area contributed by atoms with Gasteiger partial charge in [0.1, 0.15) is 4.88 Å². The minimum absolute atomic E-state index is 0.415. The smallest absolute Gasteiger partial charge is 0.346 e. The predicted octanol–water partition coefficient (Wildman–Crippen LogP) is 3.62. The van der Waals surface area contributed by atoms with E-state index in [-0.39, 0.29) is 0 Å². The first-order chi connectivity index (χ1) is 6.09. The highest BCUT2D eigenvalue weighted by Gasteiger charge is 2.16. The predicted molar refractivity (Wildman–Crippen MR) is 56.4 cm³/mol. The molecule has 2 aromatic heterocycles. The standard InChI is InChI=1S/C8H5ClO2S2/c1-3-6-4(2-5(9)13-6)12-7(3)8(10)11/h2H,1H3,(H,10,11). The maximum absolute atomic E-state index is 10.8. The number of carbonyl (C=O) groups is 1. The van der Waals surface area contributed by atoms with Crippen molar-refractivity contribution in [3.63, 3.8) is 0 Å². The van der Waals surface area contributed by atoms with E-state index in [4.69, 9.17) is 16.7 Å². The Morgan fingerprint density at radius 1 is 1.54 bits per heavy atom. The summed E-state index contributed by atoms with van der Waals surface area (Å²) in [5.74, 6) is -0.859. The van der Waals surface area contributed by atoms with Gasteiger partial charge in [0, 0.05) is 4.70 Å². The van der Waals surface area contributed by atoms with E-state index in [0.717, 1.165) is 15.0 Å². The molecule has 0 unspecified atom stereocenters. The number of carboxylic acids is 1. The second-order valence-electron chi connectivity index (χ2n) is 2.61. The highest BCUT2D eigenvalue weighted by Crippen LogP contribution is 2.38. The summed E-state index contributed by atoms with van der Waals surface area (Å²) in [7, 11) is 0. The number of rotatable bonds is 1. The second-order valence-corrected chi connectivity index (χ2v) is 5.34. The highest BCUT2D eigenvalue weighted by atomic mass is 35.5. The maximum atomic E-state index is 10.8. The van der Waals surface area contributed by atoms with Crippen LogP contribution in [0.2, 0.25) is 4.34 Å². The van der Waals surface area contributed by atoms with E-state index < -0.39 is 5.97 Å². The van der Waals surface area contributed by atoms with E-state index >= 15 is 0 Å². The first-order valence-electron chi connectivity index (χ1n) is 3.51. The quantitative estimate of drug-likeness (QED) is 0.816. The first kappa shape index (κ1) is 8.99. The number of thiophene rings is 2. The van der Waals surface area contributed by atoms with Crippen LogP contribution in [0, 0.1) is 6.92 Å². The van der Waals surface area contributed by atoms with Gasteiger partial charge in [-0.2, -0.15) is 0 Å². The van der Waals surface area contributed by atoms with Gasteiger partial charge in [-0.1, -0.05) is 11.6 Å². The Morgan fingerprint density at radius 2 is 2.23 bits per heavy atom. The summed E-state index contributed by atoms with van der Waals surface area (Å²) >= 11 is 8.51. The number of hydrogen-bond acceptors (Lipinski definition) is 3. The molecular weight excluding hydrogens is 228 g/mol. The van der Waals surface area contributed by atoms with Gasteiger partial charge in [-0.3, -0.25) is 0 Å². The van der Waals surface area contributed by atoms with Crippen LogP contribution in [0.1, 0.15) is 15.2 Å². The summed E-state index contributed by atoms with van der Waals surface area (Å²) in [6.45, 7) is 1.81. The number of fused-ring (bicyclic) bond motifs is 1. The molecule has 0 atom stereocenters. The zero-order chi connectivity index (χ0) is 9.59. The molecular formula is C8H5ClO2S2. The lowest BCUT2D eigenvalue weighted by molar-refractivity contribution is 0.0701. The van der Waals surface area contributed by atoms with Crippen LogP contribution in [0.4, 0.5) is 0 Å². The van der Waals surface area contributed by atoms with Crippen molar-refractivity contribution in [2.45, 2.75) is 6.92 Å². The number of aromatic carboxylic acids is 1. The SMILES string of the molecule is Cc1c(C(=O)O)sc2cc(Cl)sc12. The van der Waals surface area contributed by atoms with E-state index in [1.165, 1.54) is 22.7 Å². The van der Waals surface area contributed by atoms with E-state index in [1.807, 2.05) is 13.0 Å². The van der Waals surface area contributed by atoms with Crippen LogP contribution in [-0.4, -0.2) is 11.1 Å². The molecule has 2 nitrogen and oxygen atoms in total. The van der Waals surface area contributed by atoms with Gasteiger partial charge in [-0.25, -0.2) is 4.79 Å². The molecule has 0 saturated heterocycles. The molecule has 2 rings (SSSR count). The first-order valence-corrected chi connectivity index (χ1v) is 5.52. The van der Waals surface area contributed by atoms with Gasteiger partial charge in [0.2, 0.25) is 0 Å². The molecule has 1 N–H and O–H groups in total. The third-order valence-corrected chi connectivity index (χ3v) is 4.50. The molecule has 0 bridgehead atoms. The van der Waals surface area contributed by atoms with Crippen molar-refractivity contribution in [2.24, 2.45) is 0 Å². The molecule has 2 heterocycles. The minimum atomic E-state index is -0.859. The molecule has 0 spiro atoms. The molecule has 68 valence electrons. The molecule has 2 aromatic rings. The lowest BCUT2D eigenvalue weighted by atomic mass is 10.3. The normalized spacial score (nSPS) is 10.9. The summed E-state index contributed by atoms with van der Waals surface area (Å²) in [6.07, 6.45) is 0. The van der Waals surface area contributed by atoms with Crippen LogP contribution in [0.25, 0.3) is 9.40 Å². The van der Waals surface area contributed by atoms with E-state index in [9.17, 15) is 4.79 Å². The number of halogens is 1. The summed E-state index contributed by atoms with van der Waals surface area (Å²) in [6, 6.07) is 1.81. The van der Waals surface area contributed by atoms with E-state index in [1.54, 1.807) is 0 Å². The van der Waals surface area contributed by atoms with E-state index in [0.29, 0.717) is 9.21 Å². The lowest BCUT2D eigenvalue weighted by Gasteiger charge is -1.88. The van der Waals surface area contributed by atoms with Gasteiger partial charge >= 0.3 is 5.97 Å². The highest BCUT2D eigenvalue weighted by molar-refractivity contribution is 7.30. The van der Waals surface area contributed by atoms with Gasteiger partial charge in [-0.15, -0.1) is 22.7 Å². The van der Waals surface area contributed by atoms with Gasteiger partial charge in [-0.05, 0) is 18.6 Å². The van der Waals surface area contributed by atoms with Crippen LogP contribution in [-0.2, 0) is 0 Å². The van der Waals surface area contributed by atoms with Crippen LogP contribution in [0.5, 0.6) is 0 Å². The molecule has 0 aromatic carbocycles. The topological polar surface area (TPSA) is 37.3 Å². The van der Waals surface area contributed by atoms with Gasteiger partial charge < -0.3 is 5.11 Å². The Hall–Kier alpha value is -0.580. The van der Waals surface area contributed by atoms with Crippen molar-refractivity contribution in [3.8, 4) is 0 Å². The van der Waals surface area contributed by atoms with Crippen molar-refractivity contribution in [3.05, 3.63) is 20.8 Å². The average Bonchev–Trinajstić information content (AvgIpc) is 2.51. The van der Waals surface area contributed by atoms with Crippen molar-refractivity contribution >= 4 is 49.6 Å².